The number of nitrogens with zero attached hydrogens (tertiary/aromatic N) is 1. The molecule has 0 fully saturated rings. The SMILES string of the molecule is COCCNC(=O)c1cc(-c2cccc(OC)c2)n(-c2ccccc2F)c1C. The minimum absolute atomic E-state index is 0.228. The standard InChI is InChI=1S/C22H23FN2O3/c1-15-18(22(26)24-11-12-27-2)14-21(16-7-6-8-17(13-16)28-3)25(15)20-10-5-4-9-19(20)23/h4-10,13-14H,11-12H2,1-3H3,(H,24,26). The summed E-state index contributed by atoms with van der Waals surface area (Å²) in [5, 5.41) is 2.83. The normalized spacial score (nSPS) is 10.7. The monoisotopic (exact) mass is 382 g/mol. The summed E-state index contributed by atoms with van der Waals surface area (Å²) in [6.07, 6.45) is 0. The average molecular weight is 382 g/mol. The van der Waals surface area contributed by atoms with Crippen molar-refractivity contribution in [1.29, 1.82) is 0 Å². The Morgan fingerprint density at radius 1 is 1.11 bits per heavy atom. The van der Waals surface area contributed by atoms with Gasteiger partial charge in [0.05, 0.1) is 30.7 Å². The fourth-order valence-corrected chi connectivity index (χ4v) is 3.14. The smallest absolute Gasteiger partial charge is 0.253 e. The quantitative estimate of drug-likeness (QED) is 0.629. The second-order valence-electron chi connectivity index (χ2n) is 6.30. The molecule has 0 aliphatic rings. The number of carbonyl (C=O) groups excluding carboxylic acids is 1. The van der Waals surface area contributed by atoms with Crippen LogP contribution in [0, 0.1) is 12.7 Å². The Bertz CT molecular complexity index is 982. The van der Waals surface area contributed by atoms with Crippen LogP contribution in [0.15, 0.2) is 54.6 Å². The minimum atomic E-state index is -0.364. The minimum Gasteiger partial charge on any atom is -0.497 e. The summed E-state index contributed by atoms with van der Waals surface area (Å²) in [4.78, 5) is 12.7. The van der Waals surface area contributed by atoms with E-state index in [1.54, 1.807) is 50.0 Å². The van der Waals surface area contributed by atoms with Gasteiger partial charge < -0.3 is 19.4 Å². The topological polar surface area (TPSA) is 52.5 Å². The maximum absolute atomic E-state index is 14.6. The van der Waals surface area contributed by atoms with Crippen LogP contribution in [-0.2, 0) is 4.74 Å². The Labute approximate surface area is 163 Å². The summed E-state index contributed by atoms with van der Waals surface area (Å²) in [6.45, 7) is 2.62. The zero-order chi connectivity index (χ0) is 20.1. The van der Waals surface area contributed by atoms with Gasteiger partial charge in [0.15, 0.2) is 0 Å². The molecule has 0 spiro atoms. The molecule has 0 radical (unpaired) electrons. The molecule has 2 aromatic carbocycles. The molecule has 0 bridgehead atoms. The average Bonchev–Trinajstić information content (AvgIpc) is 3.05. The van der Waals surface area contributed by atoms with Crippen LogP contribution >= 0.6 is 0 Å². The lowest BCUT2D eigenvalue weighted by atomic mass is 10.1. The molecular formula is C22H23FN2O3. The van der Waals surface area contributed by atoms with E-state index in [0.29, 0.717) is 41.5 Å². The summed E-state index contributed by atoms with van der Waals surface area (Å²) in [5.41, 5.74) is 3.05. The van der Waals surface area contributed by atoms with Gasteiger partial charge in [-0.1, -0.05) is 24.3 Å². The lowest BCUT2D eigenvalue weighted by Crippen LogP contribution is -2.27. The van der Waals surface area contributed by atoms with Gasteiger partial charge in [-0.3, -0.25) is 4.79 Å². The van der Waals surface area contributed by atoms with Gasteiger partial charge in [0.2, 0.25) is 0 Å². The number of ether oxygens (including phenoxy) is 2. The van der Waals surface area contributed by atoms with Crippen LogP contribution < -0.4 is 10.1 Å². The van der Waals surface area contributed by atoms with Gasteiger partial charge in [0.25, 0.3) is 5.91 Å². The van der Waals surface area contributed by atoms with E-state index in [-0.39, 0.29) is 11.7 Å². The molecule has 0 aliphatic carbocycles. The number of methoxy groups -OCH3 is 2. The van der Waals surface area contributed by atoms with Crippen LogP contribution in [0.2, 0.25) is 0 Å². The van der Waals surface area contributed by atoms with E-state index in [9.17, 15) is 9.18 Å². The maximum Gasteiger partial charge on any atom is 0.253 e. The molecule has 3 rings (SSSR count). The first-order valence-corrected chi connectivity index (χ1v) is 8.95. The number of para-hydroxylation sites is 1. The van der Waals surface area contributed by atoms with E-state index < -0.39 is 0 Å². The highest BCUT2D eigenvalue weighted by Gasteiger charge is 2.21. The Balaban J connectivity index is 2.15. The van der Waals surface area contributed by atoms with Crippen molar-refractivity contribution in [1.82, 2.24) is 9.88 Å². The molecule has 5 nitrogen and oxygen atoms in total. The number of rotatable bonds is 7. The molecule has 0 unspecified atom stereocenters. The lowest BCUT2D eigenvalue weighted by molar-refractivity contribution is 0.0936. The number of nitrogens with one attached hydrogen (secondary N) is 1. The third-order valence-electron chi connectivity index (χ3n) is 4.54. The van der Waals surface area contributed by atoms with Crippen molar-refractivity contribution in [2.24, 2.45) is 0 Å². The second-order valence-corrected chi connectivity index (χ2v) is 6.30. The molecule has 6 heteroatoms. The van der Waals surface area contributed by atoms with E-state index in [1.165, 1.54) is 6.07 Å². The van der Waals surface area contributed by atoms with Crippen LogP contribution in [0.3, 0.4) is 0 Å². The zero-order valence-corrected chi connectivity index (χ0v) is 16.2. The van der Waals surface area contributed by atoms with Crippen molar-refractivity contribution >= 4 is 5.91 Å². The highest BCUT2D eigenvalue weighted by Crippen LogP contribution is 2.32. The molecule has 0 saturated heterocycles. The second kappa shape index (κ2) is 8.71. The van der Waals surface area contributed by atoms with Crippen molar-refractivity contribution in [3.8, 4) is 22.7 Å². The molecule has 146 valence electrons. The fraction of sp³-hybridized carbons (Fsp3) is 0.227. The highest BCUT2D eigenvalue weighted by molar-refractivity contribution is 5.97. The summed E-state index contributed by atoms with van der Waals surface area (Å²) < 4.78 is 26.7. The first-order valence-electron chi connectivity index (χ1n) is 8.95. The molecule has 1 heterocycles. The summed E-state index contributed by atoms with van der Waals surface area (Å²) in [7, 11) is 3.17. The van der Waals surface area contributed by atoms with Gasteiger partial charge in [-0.15, -0.1) is 0 Å². The van der Waals surface area contributed by atoms with Crippen molar-refractivity contribution in [3.63, 3.8) is 0 Å². The molecule has 28 heavy (non-hydrogen) atoms. The predicted octanol–water partition coefficient (Wildman–Crippen LogP) is 3.98. The van der Waals surface area contributed by atoms with Crippen LogP contribution in [0.5, 0.6) is 5.75 Å². The van der Waals surface area contributed by atoms with Gasteiger partial charge in [0, 0.05) is 24.9 Å². The Morgan fingerprint density at radius 2 is 1.89 bits per heavy atom. The number of hydrogen-bond acceptors (Lipinski definition) is 3. The largest absolute Gasteiger partial charge is 0.497 e. The van der Waals surface area contributed by atoms with Gasteiger partial charge in [-0.25, -0.2) is 4.39 Å². The van der Waals surface area contributed by atoms with Gasteiger partial charge >= 0.3 is 0 Å². The van der Waals surface area contributed by atoms with Gasteiger partial charge in [-0.05, 0) is 37.3 Å². The van der Waals surface area contributed by atoms with Crippen molar-refractivity contribution in [2.45, 2.75) is 6.92 Å². The maximum atomic E-state index is 14.6. The van der Waals surface area contributed by atoms with Gasteiger partial charge in [-0.2, -0.15) is 0 Å². The molecular weight excluding hydrogens is 359 g/mol. The molecule has 1 N–H and O–H groups in total. The molecule has 1 aromatic heterocycles. The Kier molecular flexibility index (Phi) is 6.11. The predicted molar refractivity (Wildman–Crippen MR) is 107 cm³/mol. The highest BCUT2D eigenvalue weighted by atomic mass is 19.1. The number of carbonyl (C=O) groups is 1. The fourth-order valence-electron chi connectivity index (χ4n) is 3.14. The number of hydrogen-bond donors (Lipinski definition) is 1. The van der Waals surface area contributed by atoms with E-state index >= 15 is 0 Å². The van der Waals surface area contributed by atoms with E-state index in [0.717, 1.165) is 5.56 Å². The summed E-state index contributed by atoms with van der Waals surface area (Å²) in [5.74, 6) is 0.0907. The van der Waals surface area contributed by atoms with Crippen LogP contribution in [0.25, 0.3) is 16.9 Å². The Morgan fingerprint density at radius 3 is 2.61 bits per heavy atom. The molecule has 0 atom stereocenters. The third-order valence-corrected chi connectivity index (χ3v) is 4.54. The number of halogens is 1. The number of aromatic nitrogens is 1. The van der Waals surface area contributed by atoms with Gasteiger partial charge in [0.1, 0.15) is 11.6 Å². The molecule has 0 saturated carbocycles. The van der Waals surface area contributed by atoms with E-state index in [2.05, 4.69) is 5.32 Å². The summed E-state index contributed by atoms with van der Waals surface area (Å²) in [6, 6.07) is 15.7. The van der Waals surface area contributed by atoms with Crippen molar-refractivity contribution in [3.05, 3.63) is 71.7 Å². The third kappa shape index (κ3) is 3.92. The van der Waals surface area contributed by atoms with Crippen LogP contribution in [-0.4, -0.2) is 37.8 Å². The Hall–Kier alpha value is -3.12. The van der Waals surface area contributed by atoms with Crippen molar-refractivity contribution < 1.29 is 18.7 Å². The zero-order valence-electron chi connectivity index (χ0n) is 16.2. The van der Waals surface area contributed by atoms with Crippen LogP contribution in [0.4, 0.5) is 4.39 Å². The number of benzene rings is 2. The van der Waals surface area contributed by atoms with E-state index in [1.807, 2.05) is 24.3 Å². The lowest BCUT2D eigenvalue weighted by Gasteiger charge is -2.14. The van der Waals surface area contributed by atoms with E-state index in [4.69, 9.17) is 9.47 Å². The number of amides is 1. The molecule has 0 aliphatic heterocycles. The first-order chi connectivity index (χ1) is 13.6. The van der Waals surface area contributed by atoms with Crippen molar-refractivity contribution in [2.75, 3.05) is 27.4 Å². The molecule has 1 amide bonds. The molecule has 3 aromatic rings. The van der Waals surface area contributed by atoms with Crippen LogP contribution in [0.1, 0.15) is 16.1 Å². The first kappa shape index (κ1) is 19.6. The summed E-state index contributed by atoms with van der Waals surface area (Å²) >= 11 is 0.